The predicted molar refractivity (Wildman–Crippen MR) is 66.7 cm³/mol. The predicted octanol–water partition coefficient (Wildman–Crippen LogP) is 2.97. The highest BCUT2D eigenvalue weighted by Crippen LogP contribution is 2.43. The van der Waals surface area contributed by atoms with Gasteiger partial charge in [-0.2, -0.15) is 0 Å². The van der Waals surface area contributed by atoms with E-state index in [2.05, 4.69) is 29.8 Å². The second kappa shape index (κ2) is 4.47. The van der Waals surface area contributed by atoms with Gasteiger partial charge in [0.1, 0.15) is 0 Å². The van der Waals surface area contributed by atoms with Crippen molar-refractivity contribution in [2.75, 3.05) is 6.61 Å². The Morgan fingerprint density at radius 2 is 2.31 bits per heavy atom. The minimum Gasteiger partial charge on any atom is -0.377 e. The molecule has 2 fully saturated rings. The number of thiophene rings is 1. The minimum absolute atomic E-state index is 0.376. The van der Waals surface area contributed by atoms with E-state index in [9.17, 15) is 0 Å². The standard InChI is InChI=1S/C13H19NOS/c1-9-11(6-7-15-9)14-13(10-4-5-10)12-3-2-8-16-12/h2-3,8-11,13-14H,4-7H2,1H3. The molecule has 1 aliphatic carbocycles. The molecular formula is C13H19NOS. The topological polar surface area (TPSA) is 21.3 Å². The van der Waals surface area contributed by atoms with Crippen LogP contribution >= 0.6 is 11.3 Å². The van der Waals surface area contributed by atoms with Crippen LogP contribution in [-0.4, -0.2) is 18.8 Å². The van der Waals surface area contributed by atoms with Crippen LogP contribution in [0.25, 0.3) is 0 Å². The lowest BCUT2D eigenvalue weighted by Crippen LogP contribution is -2.38. The van der Waals surface area contributed by atoms with Crippen LogP contribution in [-0.2, 0) is 4.74 Å². The molecule has 2 heterocycles. The summed E-state index contributed by atoms with van der Waals surface area (Å²) in [5.41, 5.74) is 0. The molecule has 1 saturated heterocycles. The molecule has 0 bridgehead atoms. The molecule has 1 aromatic heterocycles. The zero-order valence-corrected chi connectivity index (χ0v) is 10.5. The van der Waals surface area contributed by atoms with E-state index in [1.807, 2.05) is 11.3 Å². The Labute approximate surface area is 101 Å². The smallest absolute Gasteiger partial charge is 0.0700 e. The number of rotatable bonds is 4. The molecule has 0 radical (unpaired) electrons. The molecule has 0 aromatic carbocycles. The summed E-state index contributed by atoms with van der Waals surface area (Å²) in [7, 11) is 0. The molecular weight excluding hydrogens is 218 g/mol. The lowest BCUT2D eigenvalue weighted by Gasteiger charge is -2.24. The quantitative estimate of drug-likeness (QED) is 0.869. The van der Waals surface area contributed by atoms with Crippen molar-refractivity contribution in [1.82, 2.24) is 5.32 Å². The van der Waals surface area contributed by atoms with Gasteiger partial charge in [-0.1, -0.05) is 6.07 Å². The van der Waals surface area contributed by atoms with E-state index in [1.165, 1.54) is 17.7 Å². The summed E-state index contributed by atoms with van der Waals surface area (Å²) in [6.07, 6.45) is 4.31. The molecule has 16 heavy (non-hydrogen) atoms. The SMILES string of the molecule is CC1OCCC1NC(c1cccs1)C1CC1. The molecule has 3 atom stereocenters. The van der Waals surface area contributed by atoms with Gasteiger partial charge in [0, 0.05) is 23.6 Å². The number of hydrogen-bond acceptors (Lipinski definition) is 3. The first kappa shape index (κ1) is 10.8. The Hall–Kier alpha value is -0.380. The van der Waals surface area contributed by atoms with Crippen molar-refractivity contribution in [1.29, 1.82) is 0 Å². The van der Waals surface area contributed by atoms with Gasteiger partial charge in [0.15, 0.2) is 0 Å². The van der Waals surface area contributed by atoms with Gasteiger partial charge in [-0.3, -0.25) is 0 Å². The largest absolute Gasteiger partial charge is 0.377 e. The van der Waals surface area contributed by atoms with Crippen molar-refractivity contribution in [3.63, 3.8) is 0 Å². The Bertz CT molecular complexity index is 334. The number of ether oxygens (including phenoxy) is 1. The molecule has 3 unspecified atom stereocenters. The maximum atomic E-state index is 5.62. The van der Waals surface area contributed by atoms with Crippen molar-refractivity contribution in [3.8, 4) is 0 Å². The van der Waals surface area contributed by atoms with E-state index in [1.54, 1.807) is 0 Å². The molecule has 0 amide bonds. The van der Waals surface area contributed by atoms with Gasteiger partial charge in [0.2, 0.25) is 0 Å². The third kappa shape index (κ3) is 2.17. The fourth-order valence-corrected chi connectivity index (χ4v) is 3.41. The molecule has 1 aliphatic heterocycles. The van der Waals surface area contributed by atoms with Crippen molar-refractivity contribution in [3.05, 3.63) is 22.4 Å². The van der Waals surface area contributed by atoms with Crippen molar-refractivity contribution in [2.45, 2.75) is 44.4 Å². The van der Waals surface area contributed by atoms with Gasteiger partial charge in [-0.15, -0.1) is 11.3 Å². The van der Waals surface area contributed by atoms with Crippen LogP contribution in [0, 0.1) is 5.92 Å². The monoisotopic (exact) mass is 237 g/mol. The van der Waals surface area contributed by atoms with Crippen LogP contribution in [0.1, 0.15) is 37.1 Å². The number of nitrogens with one attached hydrogen (secondary N) is 1. The van der Waals surface area contributed by atoms with E-state index in [4.69, 9.17) is 4.74 Å². The molecule has 2 aliphatic rings. The molecule has 1 aromatic rings. The van der Waals surface area contributed by atoms with Crippen LogP contribution in [0.2, 0.25) is 0 Å². The van der Waals surface area contributed by atoms with Gasteiger partial charge in [0.25, 0.3) is 0 Å². The van der Waals surface area contributed by atoms with Crippen LogP contribution in [0.3, 0.4) is 0 Å². The Kier molecular flexibility index (Phi) is 3.01. The van der Waals surface area contributed by atoms with Gasteiger partial charge < -0.3 is 10.1 Å². The summed E-state index contributed by atoms with van der Waals surface area (Å²) in [5, 5.41) is 6.00. The molecule has 3 heteroatoms. The third-order valence-corrected chi connectivity index (χ3v) is 4.67. The van der Waals surface area contributed by atoms with Gasteiger partial charge in [-0.05, 0) is 43.6 Å². The number of hydrogen-bond donors (Lipinski definition) is 1. The van der Waals surface area contributed by atoms with E-state index < -0.39 is 0 Å². The normalized spacial score (nSPS) is 31.8. The molecule has 2 nitrogen and oxygen atoms in total. The van der Waals surface area contributed by atoms with Crippen LogP contribution in [0.4, 0.5) is 0 Å². The lowest BCUT2D eigenvalue weighted by atomic mass is 10.1. The first-order valence-corrected chi connectivity index (χ1v) is 7.13. The Balaban J connectivity index is 1.69. The molecule has 0 spiro atoms. The second-order valence-corrected chi connectivity index (χ2v) is 5.95. The van der Waals surface area contributed by atoms with Gasteiger partial charge in [0.05, 0.1) is 6.10 Å². The summed E-state index contributed by atoms with van der Waals surface area (Å²) >= 11 is 1.88. The minimum atomic E-state index is 0.376. The van der Waals surface area contributed by atoms with Crippen LogP contribution in [0.15, 0.2) is 17.5 Å². The maximum Gasteiger partial charge on any atom is 0.0700 e. The molecule has 1 saturated carbocycles. The Morgan fingerprint density at radius 1 is 1.44 bits per heavy atom. The van der Waals surface area contributed by atoms with Crippen molar-refractivity contribution >= 4 is 11.3 Å². The fourth-order valence-electron chi connectivity index (χ4n) is 2.53. The highest BCUT2D eigenvalue weighted by molar-refractivity contribution is 7.10. The first-order chi connectivity index (χ1) is 7.84. The highest BCUT2D eigenvalue weighted by atomic mass is 32.1. The highest BCUT2D eigenvalue weighted by Gasteiger charge is 2.36. The van der Waals surface area contributed by atoms with Crippen LogP contribution < -0.4 is 5.32 Å². The summed E-state index contributed by atoms with van der Waals surface area (Å²) in [4.78, 5) is 1.50. The molecule has 3 rings (SSSR count). The van der Waals surface area contributed by atoms with E-state index in [-0.39, 0.29) is 0 Å². The van der Waals surface area contributed by atoms with E-state index in [0.717, 1.165) is 18.9 Å². The van der Waals surface area contributed by atoms with Crippen molar-refractivity contribution in [2.24, 2.45) is 5.92 Å². The zero-order valence-electron chi connectivity index (χ0n) is 9.69. The summed E-state index contributed by atoms with van der Waals surface area (Å²) in [6, 6.07) is 5.55. The van der Waals surface area contributed by atoms with E-state index in [0.29, 0.717) is 18.2 Å². The second-order valence-electron chi connectivity index (χ2n) is 4.97. The van der Waals surface area contributed by atoms with Crippen molar-refractivity contribution < 1.29 is 4.74 Å². The van der Waals surface area contributed by atoms with Gasteiger partial charge >= 0.3 is 0 Å². The first-order valence-electron chi connectivity index (χ1n) is 6.25. The van der Waals surface area contributed by atoms with Gasteiger partial charge in [-0.25, -0.2) is 0 Å². The molecule has 88 valence electrons. The Morgan fingerprint density at radius 3 is 2.88 bits per heavy atom. The fraction of sp³-hybridized carbons (Fsp3) is 0.692. The summed E-state index contributed by atoms with van der Waals surface area (Å²) in [5.74, 6) is 0.867. The summed E-state index contributed by atoms with van der Waals surface area (Å²) in [6.45, 7) is 3.10. The zero-order chi connectivity index (χ0) is 11.0. The lowest BCUT2D eigenvalue weighted by molar-refractivity contribution is 0.110. The summed E-state index contributed by atoms with van der Waals surface area (Å²) < 4.78 is 5.62. The average Bonchev–Trinajstić information content (AvgIpc) is 2.82. The molecule has 1 N–H and O–H groups in total. The third-order valence-electron chi connectivity index (χ3n) is 3.71. The van der Waals surface area contributed by atoms with E-state index >= 15 is 0 Å². The average molecular weight is 237 g/mol. The van der Waals surface area contributed by atoms with Crippen LogP contribution in [0.5, 0.6) is 0 Å². The maximum absolute atomic E-state index is 5.62.